The monoisotopic (exact) mass is 589 g/mol. The molecule has 8 nitrogen and oxygen atoms in total. The van der Waals surface area contributed by atoms with E-state index in [4.69, 9.17) is 24.3 Å². The van der Waals surface area contributed by atoms with Crippen LogP contribution in [0.25, 0.3) is 0 Å². The van der Waals surface area contributed by atoms with E-state index in [9.17, 15) is 14.3 Å². The van der Waals surface area contributed by atoms with Crippen LogP contribution >= 0.6 is 7.82 Å². The highest BCUT2D eigenvalue weighted by atomic mass is 31.2. The number of phosphoric acid groups is 1. The molecule has 0 aromatic carbocycles. The van der Waals surface area contributed by atoms with Gasteiger partial charge in [0.05, 0.1) is 19.8 Å². The number of hydrogen-bond acceptors (Lipinski definition) is 7. The zero-order valence-electron chi connectivity index (χ0n) is 25.6. The molecule has 40 heavy (non-hydrogen) atoms. The number of nitrogens with two attached hydrogens (primary N) is 1. The van der Waals surface area contributed by atoms with E-state index in [0.29, 0.717) is 13.0 Å². The smallest absolute Gasteiger partial charge is 0.457 e. The fourth-order valence-corrected chi connectivity index (χ4v) is 4.80. The van der Waals surface area contributed by atoms with E-state index in [1.54, 1.807) is 0 Å². The number of unbranched alkanes of at least 4 members (excludes halogenated alkanes) is 13. The Labute approximate surface area is 245 Å². The molecule has 0 heterocycles. The van der Waals surface area contributed by atoms with Crippen molar-refractivity contribution in [2.24, 2.45) is 5.73 Å². The second kappa shape index (κ2) is 29.5. The third kappa shape index (κ3) is 28.5. The predicted octanol–water partition coefficient (Wildman–Crippen LogP) is 8.18. The molecule has 0 saturated heterocycles. The number of ether oxygens (including phenoxy) is 2. The maximum atomic E-state index is 12.4. The average molecular weight is 590 g/mol. The van der Waals surface area contributed by atoms with E-state index in [0.717, 1.165) is 64.2 Å². The summed E-state index contributed by atoms with van der Waals surface area (Å²) in [6, 6.07) is 0. The van der Waals surface area contributed by atoms with Crippen LogP contribution in [0.5, 0.6) is 0 Å². The topological polar surface area (TPSA) is 117 Å². The quantitative estimate of drug-likeness (QED) is 0.0373. The normalized spacial score (nSPS) is 14.2. The van der Waals surface area contributed by atoms with Gasteiger partial charge in [0, 0.05) is 19.6 Å². The Bertz CT molecular complexity index is 672. The zero-order chi connectivity index (χ0) is 29.6. The molecule has 0 aliphatic rings. The van der Waals surface area contributed by atoms with Crippen molar-refractivity contribution in [2.45, 2.75) is 136 Å². The van der Waals surface area contributed by atoms with Gasteiger partial charge in [-0.2, -0.15) is 0 Å². The molecule has 0 aliphatic carbocycles. The summed E-state index contributed by atoms with van der Waals surface area (Å²) in [6.07, 6.45) is 27.6. The molecule has 0 bridgehead atoms. The van der Waals surface area contributed by atoms with Crippen LogP contribution in [0.1, 0.15) is 129 Å². The molecule has 2 atom stereocenters. The highest BCUT2D eigenvalue weighted by molar-refractivity contribution is 7.47. The molecule has 0 fully saturated rings. The Balaban J connectivity index is 4.19. The number of rotatable bonds is 30. The number of phosphoric ester groups is 1. The summed E-state index contributed by atoms with van der Waals surface area (Å²) in [5, 5.41) is 0. The van der Waals surface area contributed by atoms with Gasteiger partial charge < -0.3 is 20.1 Å². The van der Waals surface area contributed by atoms with Gasteiger partial charge in [-0.25, -0.2) is 4.57 Å². The molecule has 236 valence electrons. The van der Waals surface area contributed by atoms with E-state index < -0.39 is 13.9 Å². The standard InChI is InChI=1S/C31H60NO7P/c1-3-5-7-9-11-13-14-15-16-17-18-20-22-24-31(33)39-30(29-38-40(34,35)37-27-25-32)28-36-26-23-21-19-12-10-8-6-4-2/h7,9,13-14,30H,3-6,8,10-12,15-29,32H2,1-2H3,(H,34,35)/b9-7-,14-13-. The summed E-state index contributed by atoms with van der Waals surface area (Å²) < 4.78 is 33.0. The van der Waals surface area contributed by atoms with Crippen molar-refractivity contribution >= 4 is 13.8 Å². The van der Waals surface area contributed by atoms with Crippen LogP contribution in [0.15, 0.2) is 24.3 Å². The minimum absolute atomic E-state index is 0.0974. The molecule has 0 aromatic heterocycles. The molecule has 3 N–H and O–H groups in total. The molecule has 0 aromatic rings. The Morgan fingerprint density at radius 3 is 2.05 bits per heavy atom. The molecular formula is C31H60NO7P. The van der Waals surface area contributed by atoms with E-state index >= 15 is 0 Å². The Kier molecular flexibility index (Phi) is 28.7. The number of allylic oxidation sites excluding steroid dienone is 4. The third-order valence-electron chi connectivity index (χ3n) is 6.35. The molecule has 0 rings (SSSR count). The Morgan fingerprint density at radius 1 is 0.750 bits per heavy atom. The zero-order valence-corrected chi connectivity index (χ0v) is 26.5. The highest BCUT2D eigenvalue weighted by Gasteiger charge is 2.25. The predicted molar refractivity (Wildman–Crippen MR) is 164 cm³/mol. The van der Waals surface area contributed by atoms with Crippen molar-refractivity contribution in [2.75, 3.05) is 33.0 Å². The summed E-state index contributed by atoms with van der Waals surface area (Å²) in [4.78, 5) is 22.2. The van der Waals surface area contributed by atoms with Crippen LogP contribution in [0.3, 0.4) is 0 Å². The van der Waals surface area contributed by atoms with Crippen molar-refractivity contribution in [3.8, 4) is 0 Å². The summed E-state index contributed by atoms with van der Waals surface area (Å²) in [6.45, 7) is 4.79. The lowest BCUT2D eigenvalue weighted by atomic mass is 10.1. The van der Waals surface area contributed by atoms with Crippen LogP contribution in [-0.2, 0) is 27.9 Å². The van der Waals surface area contributed by atoms with E-state index in [1.807, 2.05) is 0 Å². The minimum atomic E-state index is -4.26. The lowest BCUT2D eigenvalue weighted by Crippen LogP contribution is -2.28. The first-order valence-electron chi connectivity index (χ1n) is 15.8. The van der Waals surface area contributed by atoms with E-state index in [2.05, 4.69) is 38.2 Å². The number of hydrogen-bond donors (Lipinski definition) is 2. The van der Waals surface area contributed by atoms with Crippen molar-refractivity contribution < 1.29 is 32.8 Å². The Morgan fingerprint density at radius 2 is 1.38 bits per heavy atom. The molecule has 0 aliphatic heterocycles. The fourth-order valence-electron chi connectivity index (χ4n) is 4.03. The molecule has 0 spiro atoms. The molecule has 2 unspecified atom stereocenters. The minimum Gasteiger partial charge on any atom is -0.457 e. The summed E-state index contributed by atoms with van der Waals surface area (Å²) >= 11 is 0. The molecule has 0 amide bonds. The van der Waals surface area contributed by atoms with Gasteiger partial charge in [-0.05, 0) is 38.5 Å². The summed E-state index contributed by atoms with van der Waals surface area (Å²) in [5.74, 6) is -0.348. The molecule has 9 heteroatoms. The van der Waals surface area contributed by atoms with Crippen LogP contribution in [0.4, 0.5) is 0 Å². The lowest BCUT2D eigenvalue weighted by Gasteiger charge is -2.20. The first-order valence-corrected chi connectivity index (χ1v) is 17.3. The van der Waals surface area contributed by atoms with Crippen molar-refractivity contribution in [1.29, 1.82) is 0 Å². The summed E-state index contributed by atoms with van der Waals surface area (Å²) in [7, 11) is -4.26. The van der Waals surface area contributed by atoms with Gasteiger partial charge in [0.25, 0.3) is 0 Å². The first kappa shape index (κ1) is 39.0. The SMILES string of the molecule is CCC/C=C\C/C=C\CCCCCCCC(=O)OC(COCCCCCCCCCC)COP(=O)(O)OCCN. The van der Waals surface area contributed by atoms with Crippen molar-refractivity contribution in [3.63, 3.8) is 0 Å². The third-order valence-corrected chi connectivity index (χ3v) is 7.34. The van der Waals surface area contributed by atoms with Gasteiger partial charge in [-0.3, -0.25) is 13.8 Å². The largest absolute Gasteiger partial charge is 0.472 e. The van der Waals surface area contributed by atoms with Gasteiger partial charge in [0.1, 0.15) is 6.10 Å². The number of esters is 1. The van der Waals surface area contributed by atoms with Gasteiger partial charge >= 0.3 is 13.8 Å². The maximum absolute atomic E-state index is 12.4. The second-order valence-corrected chi connectivity index (χ2v) is 11.8. The lowest BCUT2D eigenvalue weighted by molar-refractivity contribution is -0.154. The van der Waals surface area contributed by atoms with Gasteiger partial charge in [0.2, 0.25) is 0 Å². The van der Waals surface area contributed by atoms with Crippen LogP contribution in [0.2, 0.25) is 0 Å². The second-order valence-electron chi connectivity index (χ2n) is 10.3. The fraction of sp³-hybridized carbons (Fsp3) is 0.839. The molecule has 0 saturated carbocycles. The van der Waals surface area contributed by atoms with Crippen molar-refractivity contribution in [1.82, 2.24) is 0 Å². The molecular weight excluding hydrogens is 529 g/mol. The van der Waals surface area contributed by atoms with Gasteiger partial charge in [-0.1, -0.05) is 109 Å². The number of carbonyl (C=O) groups is 1. The van der Waals surface area contributed by atoms with Gasteiger partial charge in [-0.15, -0.1) is 0 Å². The van der Waals surface area contributed by atoms with Crippen LogP contribution < -0.4 is 5.73 Å². The Hall–Kier alpha value is -1.02. The van der Waals surface area contributed by atoms with E-state index in [-0.39, 0.29) is 32.3 Å². The highest BCUT2D eigenvalue weighted by Crippen LogP contribution is 2.43. The summed E-state index contributed by atoms with van der Waals surface area (Å²) in [5.41, 5.74) is 5.32. The molecule has 0 radical (unpaired) electrons. The van der Waals surface area contributed by atoms with Gasteiger partial charge in [0.15, 0.2) is 0 Å². The first-order chi connectivity index (χ1) is 19.4. The van der Waals surface area contributed by atoms with Crippen molar-refractivity contribution in [3.05, 3.63) is 24.3 Å². The van der Waals surface area contributed by atoms with Crippen LogP contribution in [0, 0.1) is 0 Å². The maximum Gasteiger partial charge on any atom is 0.472 e. The van der Waals surface area contributed by atoms with Crippen LogP contribution in [-0.4, -0.2) is 49.9 Å². The average Bonchev–Trinajstić information content (AvgIpc) is 2.94. The number of carbonyl (C=O) groups excluding carboxylic acids is 1. The van der Waals surface area contributed by atoms with E-state index in [1.165, 1.54) is 44.9 Å².